The van der Waals surface area contributed by atoms with Gasteiger partial charge in [0.15, 0.2) is 0 Å². The largest absolute Gasteiger partial charge is 0.416 e. The second kappa shape index (κ2) is 6.89. The van der Waals surface area contributed by atoms with Gasteiger partial charge >= 0.3 is 6.18 Å². The van der Waals surface area contributed by atoms with Crippen LogP contribution in [0, 0.1) is 12.8 Å². The van der Waals surface area contributed by atoms with Gasteiger partial charge in [0, 0.05) is 5.69 Å². The van der Waals surface area contributed by atoms with Crippen LogP contribution in [0.1, 0.15) is 30.9 Å². The van der Waals surface area contributed by atoms with Crippen LogP contribution in [-0.2, 0) is 11.0 Å². The highest BCUT2D eigenvalue weighted by Gasteiger charge is 2.31. The smallest absolute Gasteiger partial charge is 0.393 e. The maximum Gasteiger partial charge on any atom is 0.416 e. The highest BCUT2D eigenvalue weighted by Crippen LogP contribution is 2.32. The predicted octanol–water partition coefficient (Wildman–Crippen LogP) is 3.65. The van der Waals surface area contributed by atoms with Gasteiger partial charge in [-0.1, -0.05) is 31.6 Å². The molecule has 3 N–H and O–H groups in total. The number of carbonyl (C=O) groups excluding carboxylic acids is 1. The fraction of sp³-hybridized carbons (Fsp3) is 0.429. The Morgan fingerprint density at radius 2 is 2.05 bits per heavy atom. The number of halogens is 3. The Kier molecular flexibility index (Phi) is 5.71. The number of hydrogen-bond acceptors (Lipinski definition) is 2. The van der Waals surface area contributed by atoms with Gasteiger partial charge in [0.05, 0.1) is 16.5 Å². The van der Waals surface area contributed by atoms with E-state index in [0.29, 0.717) is 18.4 Å². The topological polar surface area (TPSA) is 55.1 Å². The van der Waals surface area contributed by atoms with E-state index in [2.05, 4.69) is 5.32 Å². The molecule has 0 radical (unpaired) electrons. The lowest BCUT2D eigenvalue weighted by atomic mass is 10.0. The van der Waals surface area contributed by atoms with Crippen molar-refractivity contribution in [3.63, 3.8) is 0 Å². The number of alkyl halides is 3. The van der Waals surface area contributed by atoms with Crippen molar-refractivity contribution in [2.75, 3.05) is 5.32 Å². The average molecular weight is 318 g/mol. The number of hydrogen-bond donors (Lipinski definition) is 2. The monoisotopic (exact) mass is 318 g/mol. The summed E-state index contributed by atoms with van der Waals surface area (Å²) in [5.41, 5.74) is 5.35. The highest BCUT2D eigenvalue weighted by molar-refractivity contribution is 7.80. The molecular weight excluding hydrogens is 301 g/mol. The number of nitrogens with two attached hydrogens (primary N) is 1. The molecule has 0 bridgehead atoms. The fourth-order valence-electron chi connectivity index (χ4n) is 1.84. The van der Waals surface area contributed by atoms with Crippen LogP contribution >= 0.6 is 12.2 Å². The summed E-state index contributed by atoms with van der Waals surface area (Å²) in [7, 11) is 0. The van der Waals surface area contributed by atoms with E-state index in [1.807, 2.05) is 6.92 Å². The number of anilines is 1. The molecule has 0 fully saturated rings. The van der Waals surface area contributed by atoms with Crippen LogP contribution in [-0.4, -0.2) is 10.9 Å². The van der Waals surface area contributed by atoms with E-state index < -0.39 is 23.6 Å². The third-order valence-corrected chi connectivity index (χ3v) is 3.34. The molecule has 7 heteroatoms. The predicted molar refractivity (Wildman–Crippen MR) is 80.0 cm³/mol. The molecule has 21 heavy (non-hydrogen) atoms. The summed E-state index contributed by atoms with van der Waals surface area (Å²) in [6, 6.07) is 3.20. The van der Waals surface area contributed by atoms with Gasteiger partial charge in [-0.2, -0.15) is 13.2 Å². The first-order valence-corrected chi connectivity index (χ1v) is 6.85. The van der Waals surface area contributed by atoms with Crippen LogP contribution in [0.15, 0.2) is 18.2 Å². The highest BCUT2D eigenvalue weighted by atomic mass is 32.1. The molecule has 0 aliphatic rings. The number of carbonyl (C=O) groups is 1. The van der Waals surface area contributed by atoms with Crippen LogP contribution in [0.5, 0.6) is 0 Å². The molecule has 1 aromatic rings. The lowest BCUT2D eigenvalue weighted by Gasteiger charge is -2.17. The zero-order valence-corrected chi connectivity index (χ0v) is 12.6. The molecule has 1 aromatic carbocycles. The molecule has 0 aliphatic heterocycles. The summed E-state index contributed by atoms with van der Waals surface area (Å²) in [5.74, 6) is -1.16. The van der Waals surface area contributed by atoms with Gasteiger partial charge < -0.3 is 11.1 Å². The van der Waals surface area contributed by atoms with Gasteiger partial charge in [0.1, 0.15) is 0 Å². The second-order valence-electron chi connectivity index (χ2n) is 4.76. The maximum absolute atomic E-state index is 12.7. The summed E-state index contributed by atoms with van der Waals surface area (Å²) in [6.07, 6.45) is -3.31. The van der Waals surface area contributed by atoms with Crippen molar-refractivity contribution >= 4 is 28.8 Å². The lowest BCUT2D eigenvalue weighted by molar-refractivity contribution is -0.137. The molecule has 0 aliphatic carbocycles. The summed E-state index contributed by atoms with van der Waals surface area (Å²) in [4.78, 5) is 12.1. The number of amides is 1. The van der Waals surface area contributed by atoms with Crippen molar-refractivity contribution < 1.29 is 18.0 Å². The van der Waals surface area contributed by atoms with Crippen molar-refractivity contribution in [2.24, 2.45) is 11.7 Å². The van der Waals surface area contributed by atoms with Crippen molar-refractivity contribution in [2.45, 2.75) is 32.9 Å². The molecule has 0 heterocycles. The quantitative estimate of drug-likeness (QED) is 0.815. The molecule has 0 aromatic heterocycles. The number of aryl methyl sites for hydroxylation is 1. The molecule has 1 amide bonds. The zero-order chi connectivity index (χ0) is 16.2. The normalized spacial score (nSPS) is 12.8. The van der Waals surface area contributed by atoms with Gasteiger partial charge in [-0.3, -0.25) is 4.79 Å². The Labute approximate surface area is 126 Å². The van der Waals surface area contributed by atoms with Crippen molar-refractivity contribution in [1.29, 1.82) is 0 Å². The Hall–Kier alpha value is -1.63. The van der Waals surface area contributed by atoms with Crippen molar-refractivity contribution in [3.8, 4) is 0 Å². The van der Waals surface area contributed by atoms with Gasteiger partial charge in [-0.15, -0.1) is 0 Å². The van der Waals surface area contributed by atoms with Gasteiger partial charge in [-0.05, 0) is 31.0 Å². The minimum atomic E-state index is -4.46. The molecular formula is C14H17F3N2OS. The fourth-order valence-corrected chi connectivity index (χ4v) is 2.07. The van der Waals surface area contributed by atoms with Gasteiger partial charge in [0.2, 0.25) is 5.91 Å². The van der Waals surface area contributed by atoms with Crippen LogP contribution in [0.2, 0.25) is 0 Å². The first kappa shape index (κ1) is 17.4. The Morgan fingerprint density at radius 3 is 2.52 bits per heavy atom. The molecule has 116 valence electrons. The van der Waals surface area contributed by atoms with E-state index in [4.69, 9.17) is 18.0 Å². The third-order valence-electron chi connectivity index (χ3n) is 3.06. The minimum Gasteiger partial charge on any atom is -0.393 e. The van der Waals surface area contributed by atoms with Gasteiger partial charge in [-0.25, -0.2) is 0 Å². The number of rotatable bonds is 5. The summed E-state index contributed by atoms with van der Waals surface area (Å²) < 4.78 is 38.1. The van der Waals surface area contributed by atoms with Crippen LogP contribution in [0.3, 0.4) is 0 Å². The SMILES string of the molecule is CCCC(C(=O)Nc1cc(C(F)(F)F)ccc1C)C(N)=S. The van der Waals surface area contributed by atoms with E-state index in [1.54, 1.807) is 6.92 Å². The first-order valence-electron chi connectivity index (χ1n) is 6.44. The van der Waals surface area contributed by atoms with Gasteiger partial charge in [0.25, 0.3) is 0 Å². The van der Waals surface area contributed by atoms with E-state index in [9.17, 15) is 18.0 Å². The molecule has 0 saturated heterocycles. The van der Waals surface area contributed by atoms with E-state index in [-0.39, 0.29) is 10.7 Å². The maximum atomic E-state index is 12.7. The molecule has 1 unspecified atom stereocenters. The second-order valence-corrected chi connectivity index (χ2v) is 5.23. The van der Waals surface area contributed by atoms with E-state index in [0.717, 1.165) is 12.1 Å². The summed E-state index contributed by atoms with van der Waals surface area (Å²) in [6.45, 7) is 3.49. The minimum absolute atomic E-state index is 0.0407. The zero-order valence-electron chi connectivity index (χ0n) is 11.8. The van der Waals surface area contributed by atoms with Crippen LogP contribution in [0.4, 0.5) is 18.9 Å². The van der Waals surface area contributed by atoms with Crippen molar-refractivity contribution in [3.05, 3.63) is 29.3 Å². The van der Waals surface area contributed by atoms with Crippen LogP contribution < -0.4 is 11.1 Å². The molecule has 1 atom stereocenters. The summed E-state index contributed by atoms with van der Waals surface area (Å²) >= 11 is 4.83. The number of benzene rings is 1. The Balaban J connectivity index is 3.01. The van der Waals surface area contributed by atoms with E-state index in [1.165, 1.54) is 6.07 Å². The first-order chi connectivity index (χ1) is 9.66. The van der Waals surface area contributed by atoms with Crippen LogP contribution in [0.25, 0.3) is 0 Å². The number of nitrogens with one attached hydrogen (secondary N) is 1. The average Bonchev–Trinajstić information content (AvgIpc) is 2.36. The van der Waals surface area contributed by atoms with Crippen molar-refractivity contribution in [1.82, 2.24) is 0 Å². The third kappa shape index (κ3) is 4.70. The number of thiocarbonyl (C=S) groups is 1. The summed E-state index contributed by atoms with van der Waals surface area (Å²) in [5, 5.41) is 2.48. The molecule has 1 rings (SSSR count). The molecule has 3 nitrogen and oxygen atoms in total. The molecule has 0 spiro atoms. The standard InChI is InChI=1S/C14H17F3N2OS/c1-3-4-10(12(18)21)13(20)19-11-7-9(14(15,16)17)6-5-8(11)2/h5-7,10H,3-4H2,1-2H3,(H2,18,21)(H,19,20). The lowest BCUT2D eigenvalue weighted by Crippen LogP contribution is -2.33. The molecule has 0 saturated carbocycles. The Morgan fingerprint density at radius 1 is 1.43 bits per heavy atom. The van der Waals surface area contributed by atoms with E-state index >= 15 is 0 Å². The Bertz CT molecular complexity index is 544.